The third-order valence-electron chi connectivity index (χ3n) is 2.84. The maximum atomic E-state index is 13.0. The van der Waals surface area contributed by atoms with Gasteiger partial charge in [0.2, 0.25) is 0 Å². The van der Waals surface area contributed by atoms with Crippen molar-refractivity contribution in [3.8, 4) is 0 Å². The van der Waals surface area contributed by atoms with Crippen molar-refractivity contribution in [1.29, 1.82) is 0 Å². The Morgan fingerprint density at radius 3 is 2.07 bits per heavy atom. The molecule has 0 aromatic heterocycles. The predicted octanol–water partition coefficient (Wildman–Crippen LogP) is 1.82. The SMILES string of the molecule is NC1CCCCC1(O)C(F)(F)C(F)(F)F. The minimum atomic E-state index is -5.77. The molecule has 1 aliphatic rings. The molecule has 1 rings (SSSR count). The molecule has 2 atom stereocenters. The number of halogens is 5. The van der Waals surface area contributed by atoms with Gasteiger partial charge in [0.15, 0.2) is 5.60 Å². The minimum Gasteiger partial charge on any atom is -0.382 e. The van der Waals surface area contributed by atoms with E-state index in [1.165, 1.54) is 0 Å². The van der Waals surface area contributed by atoms with Crippen molar-refractivity contribution in [2.75, 3.05) is 0 Å². The van der Waals surface area contributed by atoms with E-state index in [4.69, 9.17) is 5.73 Å². The number of rotatable bonds is 1. The zero-order valence-electron chi connectivity index (χ0n) is 7.82. The Morgan fingerprint density at radius 2 is 1.67 bits per heavy atom. The van der Waals surface area contributed by atoms with E-state index in [1.807, 2.05) is 0 Å². The van der Waals surface area contributed by atoms with E-state index in [2.05, 4.69) is 0 Å². The Kier molecular flexibility index (Phi) is 2.99. The van der Waals surface area contributed by atoms with E-state index in [-0.39, 0.29) is 12.8 Å². The van der Waals surface area contributed by atoms with Gasteiger partial charge >= 0.3 is 12.1 Å². The Hall–Kier alpha value is -0.430. The lowest BCUT2D eigenvalue weighted by Crippen LogP contribution is -2.66. The fraction of sp³-hybridized carbons (Fsp3) is 1.00. The summed E-state index contributed by atoms with van der Waals surface area (Å²) in [4.78, 5) is 0. The molecule has 90 valence electrons. The highest BCUT2D eigenvalue weighted by atomic mass is 19.4. The van der Waals surface area contributed by atoms with E-state index >= 15 is 0 Å². The second-order valence-corrected chi connectivity index (χ2v) is 3.85. The number of hydrogen-bond acceptors (Lipinski definition) is 2. The van der Waals surface area contributed by atoms with Crippen LogP contribution in [-0.2, 0) is 0 Å². The highest BCUT2D eigenvalue weighted by Gasteiger charge is 2.71. The summed E-state index contributed by atoms with van der Waals surface area (Å²) in [6, 6.07) is -1.54. The van der Waals surface area contributed by atoms with Crippen molar-refractivity contribution < 1.29 is 27.1 Å². The molecule has 7 heteroatoms. The lowest BCUT2D eigenvalue weighted by atomic mass is 9.76. The van der Waals surface area contributed by atoms with Gasteiger partial charge in [0.05, 0.1) is 0 Å². The van der Waals surface area contributed by atoms with Crippen LogP contribution in [0.15, 0.2) is 0 Å². The van der Waals surface area contributed by atoms with Crippen molar-refractivity contribution in [3.05, 3.63) is 0 Å². The Bertz CT molecular complexity index is 242. The minimum absolute atomic E-state index is 0.0256. The van der Waals surface area contributed by atoms with E-state index in [1.54, 1.807) is 0 Å². The van der Waals surface area contributed by atoms with Crippen LogP contribution in [0.1, 0.15) is 25.7 Å². The molecule has 1 saturated carbocycles. The summed E-state index contributed by atoms with van der Waals surface area (Å²) in [5, 5.41) is 9.41. The van der Waals surface area contributed by atoms with Crippen LogP contribution in [0.3, 0.4) is 0 Å². The fourth-order valence-corrected chi connectivity index (χ4v) is 1.82. The van der Waals surface area contributed by atoms with Crippen molar-refractivity contribution >= 4 is 0 Å². The van der Waals surface area contributed by atoms with Gasteiger partial charge in [0.25, 0.3) is 0 Å². The Labute approximate surface area is 83.2 Å². The average Bonchev–Trinajstić information content (AvgIpc) is 2.08. The molecule has 0 bridgehead atoms. The third kappa shape index (κ3) is 1.82. The lowest BCUT2D eigenvalue weighted by molar-refractivity contribution is -0.349. The van der Waals surface area contributed by atoms with Gasteiger partial charge in [-0.25, -0.2) is 0 Å². The molecule has 0 heterocycles. The zero-order valence-corrected chi connectivity index (χ0v) is 7.82. The third-order valence-corrected chi connectivity index (χ3v) is 2.84. The van der Waals surface area contributed by atoms with E-state index in [0.29, 0.717) is 6.42 Å². The van der Waals surface area contributed by atoms with Crippen LogP contribution in [0.5, 0.6) is 0 Å². The lowest BCUT2D eigenvalue weighted by Gasteiger charge is -2.43. The number of hydrogen-bond donors (Lipinski definition) is 2. The molecular formula is C8H12F5NO. The average molecular weight is 233 g/mol. The first-order valence-corrected chi connectivity index (χ1v) is 4.55. The molecule has 0 aliphatic heterocycles. The second kappa shape index (κ2) is 3.55. The molecule has 1 fully saturated rings. The molecule has 2 unspecified atom stereocenters. The molecule has 2 nitrogen and oxygen atoms in total. The van der Waals surface area contributed by atoms with Gasteiger partial charge in [0.1, 0.15) is 0 Å². The second-order valence-electron chi connectivity index (χ2n) is 3.85. The van der Waals surface area contributed by atoms with Crippen LogP contribution >= 0.6 is 0 Å². The summed E-state index contributed by atoms with van der Waals surface area (Å²) in [5.41, 5.74) is 2.00. The molecule has 0 aromatic carbocycles. The number of aliphatic hydroxyl groups is 1. The van der Waals surface area contributed by atoms with Crippen molar-refractivity contribution in [1.82, 2.24) is 0 Å². The highest BCUT2D eigenvalue weighted by molar-refractivity contribution is 5.05. The first kappa shape index (κ1) is 12.6. The normalized spacial score (nSPS) is 34.2. The summed E-state index contributed by atoms with van der Waals surface area (Å²) in [5.74, 6) is -5.15. The van der Waals surface area contributed by atoms with Crippen LogP contribution in [0, 0.1) is 0 Å². The molecular weight excluding hydrogens is 221 g/mol. The Morgan fingerprint density at radius 1 is 1.13 bits per heavy atom. The standard InChI is InChI=1S/C8H12F5NO/c9-7(10,8(11,12)13)6(15)4-2-1-3-5(6)14/h5,15H,1-4,14H2. The largest absolute Gasteiger partial charge is 0.456 e. The van der Waals surface area contributed by atoms with Crippen molar-refractivity contribution in [2.24, 2.45) is 5.73 Å². The van der Waals surface area contributed by atoms with Crippen LogP contribution in [0.25, 0.3) is 0 Å². The molecule has 0 amide bonds. The molecule has 0 radical (unpaired) electrons. The van der Waals surface area contributed by atoms with E-state index in [9.17, 15) is 27.1 Å². The number of alkyl halides is 5. The van der Waals surface area contributed by atoms with Crippen LogP contribution in [0.2, 0.25) is 0 Å². The van der Waals surface area contributed by atoms with E-state index in [0.717, 1.165) is 0 Å². The van der Waals surface area contributed by atoms with Gasteiger partial charge in [-0.3, -0.25) is 0 Å². The van der Waals surface area contributed by atoms with Crippen molar-refractivity contribution in [2.45, 2.75) is 49.4 Å². The van der Waals surface area contributed by atoms with Gasteiger partial charge in [-0.15, -0.1) is 0 Å². The van der Waals surface area contributed by atoms with Gasteiger partial charge in [-0.05, 0) is 12.8 Å². The summed E-state index contributed by atoms with van der Waals surface area (Å²) < 4.78 is 62.2. The highest BCUT2D eigenvalue weighted by Crippen LogP contribution is 2.48. The summed E-state index contributed by atoms with van der Waals surface area (Å²) in [6.07, 6.45) is -5.84. The Balaban J connectivity index is 3.02. The first-order valence-electron chi connectivity index (χ1n) is 4.55. The van der Waals surface area contributed by atoms with Gasteiger partial charge in [-0.2, -0.15) is 22.0 Å². The fourth-order valence-electron chi connectivity index (χ4n) is 1.82. The van der Waals surface area contributed by atoms with Gasteiger partial charge in [-0.1, -0.05) is 12.8 Å². The van der Waals surface area contributed by atoms with E-state index < -0.39 is 30.2 Å². The maximum absolute atomic E-state index is 13.0. The quantitative estimate of drug-likeness (QED) is 0.678. The van der Waals surface area contributed by atoms with Gasteiger partial charge < -0.3 is 10.8 Å². The summed E-state index contributed by atoms with van der Waals surface area (Å²) >= 11 is 0. The van der Waals surface area contributed by atoms with Crippen molar-refractivity contribution in [3.63, 3.8) is 0 Å². The monoisotopic (exact) mass is 233 g/mol. The summed E-state index contributed by atoms with van der Waals surface area (Å²) in [7, 11) is 0. The smallest absolute Gasteiger partial charge is 0.382 e. The predicted molar refractivity (Wildman–Crippen MR) is 42.4 cm³/mol. The summed E-state index contributed by atoms with van der Waals surface area (Å²) in [6.45, 7) is 0. The molecule has 3 N–H and O–H groups in total. The van der Waals surface area contributed by atoms with Crippen LogP contribution in [0.4, 0.5) is 22.0 Å². The zero-order chi connectivity index (χ0) is 11.9. The molecule has 0 saturated heterocycles. The maximum Gasteiger partial charge on any atom is 0.456 e. The first-order chi connectivity index (χ1) is 6.63. The van der Waals surface area contributed by atoms with Gasteiger partial charge in [0, 0.05) is 6.04 Å². The molecule has 0 aromatic rings. The molecule has 15 heavy (non-hydrogen) atoms. The molecule has 1 aliphatic carbocycles. The number of nitrogens with two attached hydrogens (primary N) is 1. The topological polar surface area (TPSA) is 46.2 Å². The van der Waals surface area contributed by atoms with Crippen LogP contribution < -0.4 is 5.73 Å². The molecule has 0 spiro atoms. The van der Waals surface area contributed by atoms with Crippen LogP contribution in [-0.4, -0.2) is 28.8 Å².